The molecule has 0 atom stereocenters. The zero-order chi connectivity index (χ0) is 15.3. The van der Waals surface area contributed by atoms with Gasteiger partial charge in [-0.1, -0.05) is 18.5 Å². The Morgan fingerprint density at radius 3 is 2.50 bits per heavy atom. The van der Waals surface area contributed by atoms with Crippen molar-refractivity contribution in [3.63, 3.8) is 0 Å². The minimum atomic E-state index is -3.88. The molecule has 9 heteroatoms. The first-order valence-corrected chi connectivity index (χ1v) is 7.71. The molecule has 1 N–H and O–H groups in total. The van der Waals surface area contributed by atoms with E-state index in [1.165, 1.54) is 0 Å². The molecule has 0 saturated carbocycles. The number of hydrogen-bond donors (Lipinski definition) is 1. The number of nitro groups is 1. The summed E-state index contributed by atoms with van der Waals surface area (Å²) in [6.07, 6.45) is 0.573. The Labute approximate surface area is 122 Å². The number of hydrogen-bond acceptors (Lipinski definition) is 5. The molecule has 0 unspecified atom stereocenters. The summed E-state index contributed by atoms with van der Waals surface area (Å²) in [5, 5.41) is 19.3. The second-order valence-electron chi connectivity index (χ2n) is 4.00. The molecule has 0 fully saturated rings. The number of benzene rings is 1. The van der Waals surface area contributed by atoms with E-state index in [-0.39, 0.29) is 35.3 Å². The van der Waals surface area contributed by atoms with E-state index >= 15 is 0 Å². The van der Waals surface area contributed by atoms with E-state index in [4.69, 9.17) is 16.7 Å². The monoisotopic (exact) mass is 322 g/mol. The van der Waals surface area contributed by atoms with Gasteiger partial charge in [-0.15, -0.1) is 0 Å². The Kier molecular flexibility index (Phi) is 5.88. The first-order valence-electron chi connectivity index (χ1n) is 5.89. The second kappa shape index (κ2) is 6.98. The van der Waals surface area contributed by atoms with Gasteiger partial charge in [0.15, 0.2) is 0 Å². The van der Waals surface area contributed by atoms with Crippen LogP contribution in [0, 0.1) is 10.1 Å². The summed E-state index contributed by atoms with van der Waals surface area (Å²) in [7, 11) is -3.88. The van der Waals surface area contributed by atoms with Crippen LogP contribution in [0.25, 0.3) is 0 Å². The van der Waals surface area contributed by atoms with Crippen molar-refractivity contribution >= 4 is 27.3 Å². The highest BCUT2D eigenvalue weighted by Gasteiger charge is 2.26. The van der Waals surface area contributed by atoms with Crippen LogP contribution in [0.15, 0.2) is 23.1 Å². The van der Waals surface area contributed by atoms with Gasteiger partial charge < -0.3 is 5.11 Å². The molecule has 0 aliphatic rings. The highest BCUT2D eigenvalue weighted by molar-refractivity contribution is 7.89. The highest BCUT2D eigenvalue weighted by Crippen LogP contribution is 2.28. The number of nitrogens with zero attached hydrogens (tertiary/aromatic N) is 2. The van der Waals surface area contributed by atoms with E-state index in [0.29, 0.717) is 6.42 Å². The maximum atomic E-state index is 12.4. The standard InChI is InChI=1S/C11H15ClN2O5S/c1-2-5-13(6-7-15)20(18,19)11-4-3-9(14(16)17)8-10(11)12/h3-4,8,15H,2,5-7H2,1H3. The molecule has 0 aliphatic heterocycles. The van der Waals surface area contributed by atoms with E-state index in [9.17, 15) is 18.5 Å². The molecule has 0 heterocycles. The molecule has 0 spiro atoms. The number of sulfonamides is 1. The first-order chi connectivity index (χ1) is 9.34. The van der Waals surface area contributed by atoms with E-state index in [2.05, 4.69) is 0 Å². The molecule has 0 bridgehead atoms. The minimum Gasteiger partial charge on any atom is -0.395 e. The van der Waals surface area contributed by atoms with Crippen LogP contribution in [0.1, 0.15) is 13.3 Å². The fourth-order valence-corrected chi connectivity index (χ4v) is 3.70. The number of aliphatic hydroxyl groups excluding tert-OH is 1. The number of rotatable bonds is 7. The van der Waals surface area contributed by atoms with Gasteiger partial charge in [0.2, 0.25) is 10.0 Å². The van der Waals surface area contributed by atoms with Crippen LogP contribution in [0.3, 0.4) is 0 Å². The molecule has 20 heavy (non-hydrogen) atoms. The lowest BCUT2D eigenvalue weighted by Gasteiger charge is -2.21. The van der Waals surface area contributed by atoms with Gasteiger partial charge in [0.05, 0.1) is 16.6 Å². The predicted molar refractivity (Wildman–Crippen MR) is 74.2 cm³/mol. The van der Waals surface area contributed by atoms with Crippen LogP contribution in [0.4, 0.5) is 5.69 Å². The third-order valence-corrected chi connectivity index (χ3v) is 4.95. The van der Waals surface area contributed by atoms with E-state index in [0.717, 1.165) is 22.5 Å². The van der Waals surface area contributed by atoms with E-state index in [1.807, 2.05) is 0 Å². The van der Waals surface area contributed by atoms with Crippen molar-refractivity contribution in [2.24, 2.45) is 0 Å². The SMILES string of the molecule is CCCN(CCO)S(=O)(=O)c1ccc([N+](=O)[O-])cc1Cl. The third kappa shape index (κ3) is 3.66. The van der Waals surface area contributed by atoms with Crippen LogP contribution < -0.4 is 0 Å². The summed E-state index contributed by atoms with van der Waals surface area (Å²) in [6, 6.07) is 3.19. The summed E-state index contributed by atoms with van der Waals surface area (Å²) >= 11 is 5.83. The van der Waals surface area contributed by atoms with Gasteiger partial charge in [-0.3, -0.25) is 10.1 Å². The predicted octanol–water partition coefficient (Wildman–Crippen LogP) is 1.64. The van der Waals surface area contributed by atoms with Crippen molar-refractivity contribution in [1.82, 2.24) is 4.31 Å². The highest BCUT2D eigenvalue weighted by atomic mass is 35.5. The van der Waals surface area contributed by atoms with Crippen LogP contribution >= 0.6 is 11.6 Å². The Hall–Kier alpha value is -1.22. The maximum Gasteiger partial charge on any atom is 0.271 e. The van der Waals surface area contributed by atoms with Crippen molar-refractivity contribution in [2.45, 2.75) is 18.2 Å². The van der Waals surface area contributed by atoms with Crippen LogP contribution in [-0.4, -0.2) is 42.4 Å². The molecule has 0 aromatic heterocycles. The van der Waals surface area contributed by atoms with Gasteiger partial charge in [0.25, 0.3) is 5.69 Å². The molecular weight excluding hydrogens is 308 g/mol. The van der Waals surface area contributed by atoms with Crippen molar-refractivity contribution in [2.75, 3.05) is 19.7 Å². The van der Waals surface area contributed by atoms with Crippen LogP contribution in [0.2, 0.25) is 5.02 Å². The zero-order valence-corrected chi connectivity index (χ0v) is 12.4. The summed E-state index contributed by atoms with van der Waals surface area (Å²) in [4.78, 5) is 9.75. The average Bonchev–Trinajstić information content (AvgIpc) is 2.37. The maximum absolute atomic E-state index is 12.4. The lowest BCUT2D eigenvalue weighted by Crippen LogP contribution is -2.34. The molecule has 1 aromatic rings. The van der Waals surface area contributed by atoms with Crippen molar-refractivity contribution < 1.29 is 18.4 Å². The molecule has 0 saturated heterocycles. The fraction of sp³-hybridized carbons (Fsp3) is 0.455. The molecule has 0 amide bonds. The van der Waals surface area contributed by atoms with Crippen molar-refractivity contribution in [3.8, 4) is 0 Å². The Balaban J connectivity index is 3.23. The molecule has 0 radical (unpaired) electrons. The second-order valence-corrected chi connectivity index (χ2v) is 6.31. The summed E-state index contributed by atoms with van der Waals surface area (Å²) in [5.74, 6) is 0. The van der Waals surface area contributed by atoms with E-state index < -0.39 is 14.9 Å². The Bertz CT molecular complexity index is 584. The van der Waals surface area contributed by atoms with Gasteiger partial charge in [0.1, 0.15) is 4.90 Å². The molecule has 1 rings (SSSR count). The van der Waals surface area contributed by atoms with Gasteiger partial charge in [-0.25, -0.2) is 8.42 Å². The van der Waals surface area contributed by atoms with Gasteiger partial charge >= 0.3 is 0 Å². The fourth-order valence-electron chi connectivity index (χ4n) is 1.66. The first kappa shape index (κ1) is 16.8. The molecule has 7 nitrogen and oxygen atoms in total. The van der Waals surface area contributed by atoms with Gasteiger partial charge in [-0.05, 0) is 12.5 Å². The van der Waals surface area contributed by atoms with Crippen molar-refractivity contribution in [3.05, 3.63) is 33.3 Å². The number of aliphatic hydroxyl groups is 1. The van der Waals surface area contributed by atoms with E-state index in [1.54, 1.807) is 6.92 Å². The topological polar surface area (TPSA) is 101 Å². The summed E-state index contributed by atoms with van der Waals surface area (Å²) < 4.78 is 25.8. The zero-order valence-electron chi connectivity index (χ0n) is 10.8. The van der Waals surface area contributed by atoms with Gasteiger partial charge in [0, 0.05) is 25.2 Å². The lowest BCUT2D eigenvalue weighted by molar-refractivity contribution is -0.384. The van der Waals surface area contributed by atoms with Crippen LogP contribution in [-0.2, 0) is 10.0 Å². The molecular formula is C11H15ClN2O5S. The number of non-ortho nitro benzene ring substituents is 1. The Morgan fingerprint density at radius 1 is 1.40 bits per heavy atom. The number of halogens is 1. The molecule has 112 valence electrons. The lowest BCUT2D eigenvalue weighted by atomic mass is 10.3. The normalized spacial score (nSPS) is 11.8. The summed E-state index contributed by atoms with van der Waals surface area (Å²) in [6.45, 7) is 1.67. The van der Waals surface area contributed by atoms with Gasteiger partial charge in [-0.2, -0.15) is 4.31 Å². The number of nitro benzene ring substituents is 1. The molecule has 1 aromatic carbocycles. The smallest absolute Gasteiger partial charge is 0.271 e. The minimum absolute atomic E-state index is 0.0521. The molecule has 0 aliphatic carbocycles. The van der Waals surface area contributed by atoms with Crippen LogP contribution in [0.5, 0.6) is 0 Å². The largest absolute Gasteiger partial charge is 0.395 e. The third-order valence-electron chi connectivity index (χ3n) is 2.57. The quantitative estimate of drug-likeness (QED) is 0.607. The Morgan fingerprint density at radius 2 is 2.05 bits per heavy atom. The van der Waals surface area contributed by atoms with Crippen molar-refractivity contribution in [1.29, 1.82) is 0 Å². The summed E-state index contributed by atoms with van der Waals surface area (Å²) in [5.41, 5.74) is -0.279. The average molecular weight is 323 g/mol.